The van der Waals surface area contributed by atoms with Crippen molar-refractivity contribution >= 4 is 21.5 Å². The Morgan fingerprint density at radius 1 is 1.12 bits per heavy atom. The Morgan fingerprint density at radius 2 is 1.91 bits per heavy atom. The quantitative estimate of drug-likeness (QED) is 0.324. The van der Waals surface area contributed by atoms with Crippen molar-refractivity contribution in [3.63, 3.8) is 0 Å². The fraction of sp³-hybridized carbons (Fsp3) is 0.160. The highest BCUT2D eigenvalue weighted by molar-refractivity contribution is 7.89. The Kier molecular flexibility index (Phi) is 6.36. The van der Waals surface area contributed by atoms with Crippen LogP contribution in [0.15, 0.2) is 67.1 Å². The number of benzene rings is 2. The van der Waals surface area contributed by atoms with Gasteiger partial charge in [-0.1, -0.05) is 53.9 Å². The average Bonchev–Trinajstić information content (AvgIpc) is 3.26. The average molecular weight is 459 g/mol. The van der Waals surface area contributed by atoms with Crippen molar-refractivity contribution in [1.29, 1.82) is 0 Å². The largest absolute Gasteiger partial charge is 0.287 e. The van der Waals surface area contributed by atoms with Gasteiger partial charge >= 0.3 is 0 Å². The summed E-state index contributed by atoms with van der Waals surface area (Å²) in [7, 11) is -3.44. The van der Waals surface area contributed by atoms with Crippen LogP contribution in [-0.2, 0) is 16.4 Å². The Hall–Kier alpha value is -3.80. The molecule has 4 rings (SSSR count). The van der Waals surface area contributed by atoms with Crippen LogP contribution in [0.5, 0.6) is 0 Å². The van der Waals surface area contributed by atoms with Gasteiger partial charge in [-0.2, -0.15) is 0 Å². The predicted molar refractivity (Wildman–Crippen MR) is 127 cm³/mol. The van der Waals surface area contributed by atoms with Gasteiger partial charge in [-0.25, -0.2) is 23.1 Å². The number of hydrogen-bond acceptors (Lipinski definition) is 5. The number of carbonyl (C=O) groups excluding carboxylic acids is 1. The fourth-order valence-electron chi connectivity index (χ4n) is 3.50. The third-order valence-corrected chi connectivity index (χ3v) is 6.56. The van der Waals surface area contributed by atoms with Gasteiger partial charge < -0.3 is 0 Å². The molecule has 0 spiro atoms. The number of imidazole rings is 1. The molecule has 0 fully saturated rings. The van der Waals surface area contributed by atoms with Crippen LogP contribution in [0.4, 0.5) is 0 Å². The standard InChI is InChI=1S/C25H22N4O3S/c1-3-13-28-33(31,32)15-12-19-5-4-6-21(16-19)22-11-14-26-25-23(27-17-29(22)25)24(30)20-9-7-18(2)8-10-20/h1,4-11,14,16-17,28H,12-13,15H2,2H3. The Bertz CT molecular complexity index is 1470. The third kappa shape index (κ3) is 5.00. The number of sulfonamides is 1. The van der Waals surface area contributed by atoms with Gasteiger partial charge in [0.15, 0.2) is 11.3 Å². The number of hydrogen-bond donors (Lipinski definition) is 1. The summed E-state index contributed by atoms with van der Waals surface area (Å²) in [5.74, 6) is 2.00. The first kappa shape index (κ1) is 22.4. The molecule has 4 aromatic rings. The van der Waals surface area contributed by atoms with Crippen LogP contribution in [0.3, 0.4) is 0 Å². The third-order valence-electron chi connectivity index (χ3n) is 5.24. The molecule has 2 aromatic carbocycles. The fourth-order valence-corrected chi connectivity index (χ4v) is 4.45. The van der Waals surface area contributed by atoms with Gasteiger partial charge in [0.25, 0.3) is 0 Å². The SMILES string of the molecule is C#CCNS(=O)(=O)CCc1cccc(-c2ccnc3c(C(=O)c4ccc(C)cc4)ncn23)c1. The summed E-state index contributed by atoms with van der Waals surface area (Å²) in [4.78, 5) is 21.7. The molecule has 0 amide bonds. The summed E-state index contributed by atoms with van der Waals surface area (Å²) < 4.78 is 28.2. The molecule has 2 aromatic heterocycles. The van der Waals surface area contributed by atoms with E-state index in [4.69, 9.17) is 6.42 Å². The summed E-state index contributed by atoms with van der Waals surface area (Å²) in [5.41, 5.74) is 4.88. The molecule has 1 N–H and O–H groups in total. The Morgan fingerprint density at radius 3 is 2.67 bits per heavy atom. The van der Waals surface area contributed by atoms with E-state index in [0.29, 0.717) is 17.6 Å². The molecule has 33 heavy (non-hydrogen) atoms. The second kappa shape index (κ2) is 9.36. The zero-order chi connectivity index (χ0) is 23.4. The summed E-state index contributed by atoms with van der Waals surface area (Å²) in [6.07, 6.45) is 8.68. The number of ketones is 1. The number of terminal acetylenes is 1. The van der Waals surface area contributed by atoms with E-state index < -0.39 is 10.0 Å². The minimum atomic E-state index is -3.44. The van der Waals surface area contributed by atoms with E-state index in [0.717, 1.165) is 22.4 Å². The monoisotopic (exact) mass is 458 g/mol. The lowest BCUT2D eigenvalue weighted by molar-refractivity contribution is 0.103. The van der Waals surface area contributed by atoms with Crippen LogP contribution >= 0.6 is 0 Å². The molecular formula is C25H22N4O3S. The number of aryl methyl sites for hydroxylation is 2. The molecule has 0 bridgehead atoms. The van der Waals surface area contributed by atoms with Crippen molar-refractivity contribution in [2.24, 2.45) is 0 Å². The minimum Gasteiger partial charge on any atom is -0.287 e. The van der Waals surface area contributed by atoms with E-state index >= 15 is 0 Å². The highest BCUT2D eigenvalue weighted by Crippen LogP contribution is 2.23. The van der Waals surface area contributed by atoms with Crippen LogP contribution in [0, 0.1) is 19.3 Å². The number of carbonyl (C=O) groups is 1. The molecule has 166 valence electrons. The Balaban J connectivity index is 1.63. The predicted octanol–water partition coefficient (Wildman–Crippen LogP) is 3.03. The summed E-state index contributed by atoms with van der Waals surface area (Å²) in [6, 6.07) is 16.8. The molecule has 0 unspecified atom stereocenters. The van der Waals surface area contributed by atoms with Crippen molar-refractivity contribution in [1.82, 2.24) is 19.1 Å². The molecular weight excluding hydrogens is 436 g/mol. The molecule has 2 heterocycles. The molecule has 0 aliphatic heterocycles. The van der Waals surface area contributed by atoms with Crippen LogP contribution in [0.25, 0.3) is 16.9 Å². The van der Waals surface area contributed by atoms with E-state index in [1.165, 1.54) is 0 Å². The topological polar surface area (TPSA) is 93.4 Å². The molecule has 7 nitrogen and oxygen atoms in total. The lowest BCUT2D eigenvalue weighted by atomic mass is 10.1. The second-order valence-electron chi connectivity index (χ2n) is 7.61. The molecule has 0 aliphatic carbocycles. The van der Waals surface area contributed by atoms with Crippen LogP contribution in [-0.4, -0.2) is 40.9 Å². The number of nitrogens with one attached hydrogen (secondary N) is 1. The van der Waals surface area contributed by atoms with E-state index in [1.807, 2.05) is 49.4 Å². The number of rotatable bonds is 8. The molecule has 0 aliphatic rings. The van der Waals surface area contributed by atoms with E-state index in [1.54, 1.807) is 29.1 Å². The zero-order valence-corrected chi connectivity index (χ0v) is 18.8. The summed E-state index contributed by atoms with van der Waals surface area (Å²) in [6.45, 7) is 1.94. The first-order chi connectivity index (χ1) is 15.9. The number of nitrogens with zero attached hydrogens (tertiary/aromatic N) is 3. The van der Waals surface area contributed by atoms with Gasteiger partial charge in [0.2, 0.25) is 15.8 Å². The smallest absolute Gasteiger partial charge is 0.215 e. The van der Waals surface area contributed by atoms with E-state index in [9.17, 15) is 13.2 Å². The maximum Gasteiger partial charge on any atom is 0.215 e. The van der Waals surface area contributed by atoms with Gasteiger partial charge in [-0.15, -0.1) is 6.42 Å². The number of fused-ring (bicyclic) bond motifs is 1. The first-order valence-electron chi connectivity index (χ1n) is 10.3. The maximum atomic E-state index is 13.0. The van der Waals surface area contributed by atoms with E-state index in [-0.39, 0.29) is 23.8 Å². The van der Waals surface area contributed by atoms with Crippen molar-refractivity contribution in [3.05, 3.63) is 89.5 Å². The molecule has 0 radical (unpaired) electrons. The second-order valence-corrected chi connectivity index (χ2v) is 9.53. The van der Waals surface area contributed by atoms with Crippen LogP contribution in [0.2, 0.25) is 0 Å². The van der Waals surface area contributed by atoms with Crippen molar-refractivity contribution in [2.45, 2.75) is 13.3 Å². The van der Waals surface area contributed by atoms with E-state index in [2.05, 4.69) is 20.6 Å². The van der Waals surface area contributed by atoms with Gasteiger partial charge in [-0.3, -0.25) is 9.20 Å². The molecule has 8 heteroatoms. The molecule has 0 saturated carbocycles. The highest BCUT2D eigenvalue weighted by Gasteiger charge is 2.18. The molecule has 0 saturated heterocycles. The normalized spacial score (nSPS) is 11.4. The zero-order valence-electron chi connectivity index (χ0n) is 18.0. The van der Waals surface area contributed by atoms with Gasteiger partial charge in [0, 0.05) is 11.8 Å². The maximum absolute atomic E-state index is 13.0. The lowest BCUT2D eigenvalue weighted by Gasteiger charge is -2.09. The van der Waals surface area contributed by atoms with Crippen molar-refractivity contribution < 1.29 is 13.2 Å². The number of aromatic nitrogens is 3. The van der Waals surface area contributed by atoms with Gasteiger partial charge in [0.05, 0.1) is 18.0 Å². The first-order valence-corrected chi connectivity index (χ1v) is 12.0. The molecule has 0 atom stereocenters. The van der Waals surface area contributed by atoms with Crippen molar-refractivity contribution in [3.8, 4) is 23.6 Å². The van der Waals surface area contributed by atoms with Crippen LogP contribution in [0.1, 0.15) is 27.2 Å². The van der Waals surface area contributed by atoms with Crippen LogP contribution < -0.4 is 4.72 Å². The highest BCUT2D eigenvalue weighted by atomic mass is 32.2. The Labute approximate surface area is 192 Å². The lowest BCUT2D eigenvalue weighted by Crippen LogP contribution is -2.27. The van der Waals surface area contributed by atoms with Crippen molar-refractivity contribution in [2.75, 3.05) is 12.3 Å². The van der Waals surface area contributed by atoms with Gasteiger partial charge in [0.1, 0.15) is 6.33 Å². The summed E-state index contributed by atoms with van der Waals surface area (Å²) in [5, 5.41) is 0. The van der Waals surface area contributed by atoms with Gasteiger partial charge in [-0.05, 0) is 36.6 Å². The summed E-state index contributed by atoms with van der Waals surface area (Å²) >= 11 is 0. The minimum absolute atomic E-state index is 0.0261.